The first-order chi connectivity index (χ1) is 15.0. The number of aryl methyl sites for hydroxylation is 1. The van der Waals surface area contributed by atoms with Crippen LogP contribution in [0.25, 0.3) is 22.0 Å². The summed E-state index contributed by atoms with van der Waals surface area (Å²) >= 11 is 1.56. The highest BCUT2D eigenvalue weighted by atomic mass is 32.1. The van der Waals surface area contributed by atoms with Gasteiger partial charge < -0.3 is 5.32 Å². The van der Waals surface area contributed by atoms with E-state index in [-0.39, 0.29) is 6.54 Å². The summed E-state index contributed by atoms with van der Waals surface area (Å²) in [4.78, 5) is 44.1. The Morgan fingerprint density at radius 2 is 1.68 bits per heavy atom. The van der Waals surface area contributed by atoms with Gasteiger partial charge in [0.1, 0.15) is 6.54 Å². The van der Waals surface area contributed by atoms with Crippen molar-refractivity contribution in [2.24, 2.45) is 0 Å². The normalized spacial score (nSPS) is 13.0. The lowest BCUT2D eigenvalue weighted by molar-refractivity contribution is -0.116. The van der Waals surface area contributed by atoms with Crippen LogP contribution in [0.2, 0.25) is 0 Å². The Bertz CT molecular complexity index is 1320. The Balaban J connectivity index is 1.38. The van der Waals surface area contributed by atoms with E-state index in [1.165, 1.54) is 0 Å². The second kappa shape index (κ2) is 7.45. The Morgan fingerprint density at radius 3 is 2.32 bits per heavy atom. The van der Waals surface area contributed by atoms with Crippen LogP contribution in [0.15, 0.2) is 66.0 Å². The van der Waals surface area contributed by atoms with Gasteiger partial charge in [0.25, 0.3) is 11.8 Å². The highest BCUT2D eigenvalue weighted by Gasteiger charge is 2.33. The number of aromatic nitrogens is 1. The van der Waals surface area contributed by atoms with Crippen molar-refractivity contribution in [1.82, 2.24) is 9.88 Å². The second-order valence-corrected chi connectivity index (χ2v) is 8.35. The standard InChI is InChI=1S/C24H17N3O3S/c1-14-25-20(13-31-14)16-7-2-8-17(11-16)26-21(28)12-27-23(29)18-9-3-5-15-6-4-10-19(22(15)18)24(27)30/h2-11,13H,12H2,1H3,(H,26,28). The molecule has 0 atom stereocenters. The number of hydrogen-bond donors (Lipinski definition) is 1. The van der Waals surface area contributed by atoms with Gasteiger partial charge in [-0.25, -0.2) is 4.98 Å². The van der Waals surface area contributed by atoms with Gasteiger partial charge in [0, 0.05) is 33.1 Å². The average Bonchev–Trinajstić information content (AvgIpc) is 3.21. The smallest absolute Gasteiger partial charge is 0.261 e. The fourth-order valence-electron chi connectivity index (χ4n) is 3.82. The van der Waals surface area contributed by atoms with Crippen LogP contribution in [-0.2, 0) is 4.79 Å². The predicted molar refractivity (Wildman–Crippen MR) is 120 cm³/mol. The monoisotopic (exact) mass is 427 g/mol. The summed E-state index contributed by atoms with van der Waals surface area (Å²) in [6.45, 7) is 1.58. The summed E-state index contributed by atoms with van der Waals surface area (Å²) in [5, 5.41) is 7.17. The molecule has 4 aromatic rings. The van der Waals surface area contributed by atoms with Gasteiger partial charge in [-0.05, 0) is 36.6 Å². The number of nitrogens with one attached hydrogen (secondary N) is 1. The molecular formula is C24H17N3O3S. The molecule has 152 valence electrons. The molecular weight excluding hydrogens is 410 g/mol. The molecule has 0 aliphatic carbocycles. The van der Waals surface area contributed by atoms with E-state index in [4.69, 9.17) is 0 Å². The van der Waals surface area contributed by atoms with E-state index in [9.17, 15) is 14.4 Å². The fourth-order valence-corrected chi connectivity index (χ4v) is 4.44. The van der Waals surface area contributed by atoms with Crippen molar-refractivity contribution in [3.8, 4) is 11.3 Å². The third-order valence-corrected chi connectivity index (χ3v) is 5.99. The first-order valence-electron chi connectivity index (χ1n) is 9.71. The van der Waals surface area contributed by atoms with Crippen molar-refractivity contribution in [3.05, 3.63) is 82.2 Å². The van der Waals surface area contributed by atoms with E-state index in [2.05, 4.69) is 10.3 Å². The molecule has 5 rings (SSSR count). The number of rotatable bonds is 4. The van der Waals surface area contributed by atoms with Crippen LogP contribution in [0.4, 0.5) is 5.69 Å². The van der Waals surface area contributed by atoms with Gasteiger partial charge >= 0.3 is 0 Å². The molecule has 2 heterocycles. The number of carbonyl (C=O) groups is 3. The molecule has 31 heavy (non-hydrogen) atoms. The van der Waals surface area contributed by atoms with E-state index in [0.29, 0.717) is 22.2 Å². The summed E-state index contributed by atoms with van der Waals surface area (Å²) in [5.41, 5.74) is 3.16. The lowest BCUT2D eigenvalue weighted by Crippen LogP contribution is -2.44. The maximum absolute atomic E-state index is 13.0. The molecule has 6 nitrogen and oxygen atoms in total. The SMILES string of the molecule is Cc1nc(-c2cccc(NC(=O)CN3C(=O)c4cccc5cccc(c45)C3=O)c2)cs1. The van der Waals surface area contributed by atoms with Gasteiger partial charge in [0.2, 0.25) is 5.91 Å². The van der Waals surface area contributed by atoms with Gasteiger partial charge in [-0.2, -0.15) is 0 Å². The van der Waals surface area contributed by atoms with Crippen molar-refractivity contribution in [1.29, 1.82) is 0 Å². The molecule has 1 aliphatic heterocycles. The molecule has 0 spiro atoms. The quantitative estimate of drug-likeness (QED) is 0.486. The third kappa shape index (κ3) is 3.39. The molecule has 3 aromatic carbocycles. The summed E-state index contributed by atoms with van der Waals surface area (Å²) in [6, 6.07) is 18.0. The van der Waals surface area contributed by atoms with E-state index in [0.717, 1.165) is 26.6 Å². The molecule has 1 N–H and O–H groups in total. The maximum Gasteiger partial charge on any atom is 0.261 e. The largest absolute Gasteiger partial charge is 0.325 e. The lowest BCUT2D eigenvalue weighted by atomic mass is 9.94. The minimum atomic E-state index is -0.462. The maximum atomic E-state index is 13.0. The molecule has 1 aromatic heterocycles. The number of anilines is 1. The number of nitrogens with zero attached hydrogens (tertiary/aromatic N) is 2. The van der Waals surface area contributed by atoms with Crippen molar-refractivity contribution >= 4 is 45.5 Å². The predicted octanol–water partition coefficient (Wildman–Crippen LogP) is 4.51. The van der Waals surface area contributed by atoms with Gasteiger partial charge in [-0.1, -0.05) is 36.4 Å². The zero-order valence-electron chi connectivity index (χ0n) is 16.6. The summed E-state index contributed by atoms with van der Waals surface area (Å²) < 4.78 is 0. The van der Waals surface area contributed by atoms with Gasteiger partial charge in [0.15, 0.2) is 0 Å². The fraction of sp³-hybridized carbons (Fsp3) is 0.0833. The molecule has 0 saturated carbocycles. The third-order valence-electron chi connectivity index (χ3n) is 5.22. The van der Waals surface area contributed by atoms with E-state index in [1.54, 1.807) is 41.7 Å². The number of thiazole rings is 1. The van der Waals surface area contributed by atoms with Crippen molar-refractivity contribution in [2.75, 3.05) is 11.9 Å². The Morgan fingerprint density at radius 1 is 1.00 bits per heavy atom. The van der Waals surface area contributed by atoms with Gasteiger partial charge in [-0.15, -0.1) is 11.3 Å². The molecule has 0 radical (unpaired) electrons. The van der Waals surface area contributed by atoms with Gasteiger partial charge in [0.05, 0.1) is 10.7 Å². The van der Waals surface area contributed by atoms with Crippen molar-refractivity contribution in [2.45, 2.75) is 6.92 Å². The molecule has 0 fully saturated rings. The van der Waals surface area contributed by atoms with Crippen LogP contribution in [-0.4, -0.2) is 34.2 Å². The number of hydrogen-bond acceptors (Lipinski definition) is 5. The molecule has 7 heteroatoms. The number of imide groups is 1. The number of benzene rings is 3. The van der Waals surface area contributed by atoms with Crippen LogP contribution in [0.3, 0.4) is 0 Å². The van der Waals surface area contributed by atoms with Crippen LogP contribution in [0.5, 0.6) is 0 Å². The highest BCUT2D eigenvalue weighted by Crippen LogP contribution is 2.30. The summed E-state index contributed by atoms with van der Waals surface area (Å²) in [6.07, 6.45) is 0. The van der Waals surface area contributed by atoms with Crippen LogP contribution in [0, 0.1) is 6.92 Å². The molecule has 3 amide bonds. The Hall–Kier alpha value is -3.84. The van der Waals surface area contributed by atoms with Crippen molar-refractivity contribution < 1.29 is 14.4 Å². The Labute approximate surface area is 182 Å². The Kier molecular flexibility index (Phi) is 4.60. The topological polar surface area (TPSA) is 79.4 Å². The molecule has 1 aliphatic rings. The van der Waals surface area contributed by atoms with Crippen LogP contribution in [0.1, 0.15) is 25.7 Å². The van der Waals surface area contributed by atoms with Gasteiger partial charge in [-0.3, -0.25) is 19.3 Å². The van der Waals surface area contributed by atoms with Crippen LogP contribution < -0.4 is 5.32 Å². The zero-order valence-corrected chi connectivity index (χ0v) is 17.4. The average molecular weight is 427 g/mol. The second-order valence-electron chi connectivity index (χ2n) is 7.29. The first kappa shape index (κ1) is 19.1. The highest BCUT2D eigenvalue weighted by molar-refractivity contribution is 7.09. The summed E-state index contributed by atoms with van der Waals surface area (Å²) in [5.74, 6) is -1.37. The molecule has 0 saturated heterocycles. The molecule has 0 unspecified atom stereocenters. The molecule has 0 bridgehead atoms. The lowest BCUT2D eigenvalue weighted by Gasteiger charge is -2.26. The van der Waals surface area contributed by atoms with Crippen molar-refractivity contribution in [3.63, 3.8) is 0 Å². The van der Waals surface area contributed by atoms with E-state index in [1.807, 2.05) is 42.6 Å². The minimum Gasteiger partial charge on any atom is -0.325 e. The van der Waals surface area contributed by atoms with E-state index < -0.39 is 17.7 Å². The van der Waals surface area contributed by atoms with E-state index >= 15 is 0 Å². The zero-order chi connectivity index (χ0) is 21.5. The minimum absolute atomic E-state index is 0.359. The number of carbonyl (C=O) groups excluding carboxylic acids is 3. The van der Waals surface area contributed by atoms with Crippen LogP contribution >= 0.6 is 11.3 Å². The first-order valence-corrected chi connectivity index (χ1v) is 10.6. The summed E-state index contributed by atoms with van der Waals surface area (Å²) in [7, 11) is 0. The number of amides is 3.